The number of carbonyl (C=O) groups is 1. The lowest BCUT2D eigenvalue weighted by Crippen LogP contribution is -2.36. The van der Waals surface area contributed by atoms with Gasteiger partial charge in [0.25, 0.3) is 0 Å². The lowest BCUT2D eigenvalue weighted by molar-refractivity contribution is -0.130. The first-order valence-corrected chi connectivity index (χ1v) is 7.98. The zero-order valence-corrected chi connectivity index (χ0v) is 12.5. The van der Waals surface area contributed by atoms with Crippen LogP contribution in [-0.4, -0.2) is 23.4 Å². The summed E-state index contributed by atoms with van der Waals surface area (Å²) in [7, 11) is 0. The van der Waals surface area contributed by atoms with Gasteiger partial charge >= 0.3 is 0 Å². The molecule has 2 fully saturated rings. The van der Waals surface area contributed by atoms with E-state index in [-0.39, 0.29) is 23.9 Å². The summed E-state index contributed by atoms with van der Waals surface area (Å²) in [6.07, 6.45) is 5.84. The zero-order chi connectivity index (χ0) is 14.8. The van der Waals surface area contributed by atoms with E-state index in [1.807, 2.05) is 17.9 Å². The molecule has 3 nitrogen and oxygen atoms in total. The van der Waals surface area contributed by atoms with Crippen LogP contribution in [0.4, 0.5) is 4.39 Å². The Morgan fingerprint density at radius 3 is 2.67 bits per heavy atom. The second-order valence-corrected chi connectivity index (χ2v) is 6.31. The molecule has 1 saturated heterocycles. The van der Waals surface area contributed by atoms with Crippen molar-refractivity contribution in [3.8, 4) is 0 Å². The normalized spacial score (nSPS) is 27.3. The molecule has 0 radical (unpaired) electrons. The molecule has 114 valence electrons. The van der Waals surface area contributed by atoms with Crippen LogP contribution in [0.15, 0.2) is 24.3 Å². The Kier molecular flexibility index (Phi) is 4.24. The second-order valence-electron chi connectivity index (χ2n) is 6.31. The van der Waals surface area contributed by atoms with E-state index in [1.165, 1.54) is 38.2 Å². The number of amides is 1. The van der Waals surface area contributed by atoms with Crippen molar-refractivity contribution in [2.24, 2.45) is 5.92 Å². The molecule has 1 aromatic rings. The first-order chi connectivity index (χ1) is 10.2. The van der Waals surface area contributed by atoms with Crippen LogP contribution in [-0.2, 0) is 4.79 Å². The largest absolute Gasteiger partial charge is 0.321 e. The number of halogens is 1. The molecule has 1 saturated carbocycles. The number of hydrogen-bond acceptors (Lipinski definition) is 2. The van der Waals surface area contributed by atoms with Crippen molar-refractivity contribution in [3.05, 3.63) is 35.6 Å². The Balaban J connectivity index is 1.81. The third-order valence-electron chi connectivity index (χ3n) is 4.75. The third-order valence-corrected chi connectivity index (χ3v) is 4.75. The van der Waals surface area contributed by atoms with Crippen LogP contribution < -0.4 is 5.32 Å². The molecule has 1 heterocycles. The number of benzene rings is 1. The van der Waals surface area contributed by atoms with Crippen molar-refractivity contribution in [3.63, 3.8) is 0 Å². The number of nitrogens with zero attached hydrogens (tertiary/aromatic N) is 1. The summed E-state index contributed by atoms with van der Waals surface area (Å²) in [6, 6.07) is 6.50. The van der Waals surface area contributed by atoms with Crippen LogP contribution in [0.1, 0.15) is 50.8 Å². The molecule has 0 bridgehead atoms. The van der Waals surface area contributed by atoms with Gasteiger partial charge in [-0.05, 0) is 31.7 Å². The molecule has 1 N–H and O–H groups in total. The monoisotopic (exact) mass is 290 g/mol. The molecular formula is C17H23FN2O. The molecule has 1 aromatic carbocycles. The number of carbonyl (C=O) groups excluding carboxylic acids is 1. The molecule has 21 heavy (non-hydrogen) atoms. The van der Waals surface area contributed by atoms with Crippen LogP contribution in [0.2, 0.25) is 0 Å². The Morgan fingerprint density at radius 1 is 1.24 bits per heavy atom. The van der Waals surface area contributed by atoms with Gasteiger partial charge in [0, 0.05) is 12.1 Å². The second kappa shape index (κ2) is 6.14. The van der Waals surface area contributed by atoms with Gasteiger partial charge in [0.05, 0.1) is 6.04 Å². The molecule has 0 spiro atoms. The molecule has 1 amide bonds. The smallest absolute Gasteiger partial charge is 0.241 e. The molecule has 0 aromatic heterocycles. The summed E-state index contributed by atoms with van der Waals surface area (Å²) in [4.78, 5) is 14.3. The maximum Gasteiger partial charge on any atom is 0.241 e. The maximum absolute atomic E-state index is 14.1. The van der Waals surface area contributed by atoms with Gasteiger partial charge in [-0.1, -0.05) is 37.5 Å². The lowest BCUT2D eigenvalue weighted by Gasteiger charge is -2.31. The van der Waals surface area contributed by atoms with Crippen LogP contribution in [0.3, 0.4) is 0 Å². The SMILES string of the molecule is CC1NC(c2ccccc2F)N(CC2CCCCC2)C1=O. The topological polar surface area (TPSA) is 32.3 Å². The molecular weight excluding hydrogens is 267 g/mol. The van der Waals surface area contributed by atoms with E-state index < -0.39 is 0 Å². The predicted molar refractivity (Wildman–Crippen MR) is 80.0 cm³/mol. The van der Waals surface area contributed by atoms with Gasteiger partial charge < -0.3 is 4.90 Å². The fraction of sp³-hybridized carbons (Fsp3) is 0.588. The van der Waals surface area contributed by atoms with E-state index in [1.54, 1.807) is 12.1 Å². The highest BCUT2D eigenvalue weighted by Gasteiger charge is 2.39. The Hall–Kier alpha value is -1.42. The van der Waals surface area contributed by atoms with E-state index in [0.717, 1.165) is 6.54 Å². The van der Waals surface area contributed by atoms with Crippen molar-refractivity contribution in [1.29, 1.82) is 0 Å². The summed E-state index contributed by atoms with van der Waals surface area (Å²) in [5.74, 6) is 0.406. The first kappa shape index (κ1) is 14.5. The average Bonchev–Trinajstić information content (AvgIpc) is 2.77. The molecule has 4 heteroatoms. The lowest BCUT2D eigenvalue weighted by atomic mass is 9.88. The van der Waals surface area contributed by atoms with Crippen LogP contribution in [0, 0.1) is 11.7 Å². The molecule has 1 aliphatic carbocycles. The summed E-state index contributed by atoms with van der Waals surface area (Å²) in [5.41, 5.74) is 0.575. The van der Waals surface area contributed by atoms with Crippen molar-refractivity contribution >= 4 is 5.91 Å². The van der Waals surface area contributed by atoms with Crippen molar-refractivity contribution in [1.82, 2.24) is 10.2 Å². The number of rotatable bonds is 3. The maximum atomic E-state index is 14.1. The van der Waals surface area contributed by atoms with Gasteiger partial charge in [0.1, 0.15) is 12.0 Å². The molecule has 2 atom stereocenters. The minimum Gasteiger partial charge on any atom is -0.321 e. The van der Waals surface area contributed by atoms with Gasteiger partial charge in [0.15, 0.2) is 0 Å². The average molecular weight is 290 g/mol. The van der Waals surface area contributed by atoms with Crippen molar-refractivity contribution in [2.75, 3.05) is 6.54 Å². The number of nitrogens with one attached hydrogen (secondary N) is 1. The summed E-state index contributed by atoms with van der Waals surface area (Å²) < 4.78 is 14.1. The first-order valence-electron chi connectivity index (χ1n) is 7.98. The van der Waals surface area contributed by atoms with Crippen LogP contribution >= 0.6 is 0 Å². The van der Waals surface area contributed by atoms with E-state index in [0.29, 0.717) is 11.5 Å². The van der Waals surface area contributed by atoms with Gasteiger partial charge in [-0.2, -0.15) is 0 Å². The third kappa shape index (κ3) is 2.95. The summed E-state index contributed by atoms with van der Waals surface area (Å²) in [5, 5.41) is 3.24. The fourth-order valence-electron chi connectivity index (χ4n) is 3.57. The molecule has 1 aliphatic heterocycles. The van der Waals surface area contributed by atoms with Crippen LogP contribution in [0.25, 0.3) is 0 Å². The minimum atomic E-state index is -0.323. The number of hydrogen-bond donors (Lipinski definition) is 1. The van der Waals surface area contributed by atoms with Gasteiger partial charge in [-0.25, -0.2) is 4.39 Å². The van der Waals surface area contributed by atoms with E-state index in [2.05, 4.69) is 5.32 Å². The highest BCUT2D eigenvalue weighted by molar-refractivity contribution is 5.84. The standard InChI is InChI=1S/C17H23FN2O/c1-12-17(21)20(11-13-7-3-2-4-8-13)16(19-12)14-9-5-6-10-15(14)18/h5-6,9-10,12-13,16,19H,2-4,7-8,11H2,1H3. The zero-order valence-electron chi connectivity index (χ0n) is 12.5. The summed E-state index contributed by atoms with van der Waals surface area (Å²) in [6.45, 7) is 2.60. The van der Waals surface area contributed by atoms with E-state index >= 15 is 0 Å². The van der Waals surface area contributed by atoms with Crippen molar-refractivity contribution in [2.45, 2.75) is 51.2 Å². The fourth-order valence-corrected chi connectivity index (χ4v) is 3.57. The highest BCUT2D eigenvalue weighted by Crippen LogP contribution is 2.31. The Bertz CT molecular complexity index is 513. The van der Waals surface area contributed by atoms with Crippen molar-refractivity contribution < 1.29 is 9.18 Å². The Morgan fingerprint density at radius 2 is 1.95 bits per heavy atom. The van der Waals surface area contributed by atoms with Crippen LogP contribution in [0.5, 0.6) is 0 Å². The molecule has 2 aliphatic rings. The Labute approximate surface area is 125 Å². The van der Waals surface area contributed by atoms with E-state index in [9.17, 15) is 9.18 Å². The minimum absolute atomic E-state index is 0.0915. The quantitative estimate of drug-likeness (QED) is 0.927. The predicted octanol–water partition coefficient (Wildman–Crippen LogP) is 3.22. The molecule has 3 rings (SSSR count). The summed E-state index contributed by atoms with van der Waals surface area (Å²) >= 11 is 0. The highest BCUT2D eigenvalue weighted by atomic mass is 19.1. The van der Waals surface area contributed by atoms with E-state index in [4.69, 9.17) is 0 Å². The van der Waals surface area contributed by atoms with Gasteiger partial charge in [-0.15, -0.1) is 0 Å². The van der Waals surface area contributed by atoms with Gasteiger partial charge in [-0.3, -0.25) is 10.1 Å². The molecule has 2 unspecified atom stereocenters. The van der Waals surface area contributed by atoms with Gasteiger partial charge in [0.2, 0.25) is 5.91 Å².